The van der Waals surface area contributed by atoms with Crippen molar-refractivity contribution in [3.05, 3.63) is 197 Å². The van der Waals surface area contributed by atoms with E-state index in [9.17, 15) is 0 Å². The Balaban J connectivity index is 1.11. The van der Waals surface area contributed by atoms with Gasteiger partial charge in [-0.25, -0.2) is 0 Å². The highest BCUT2D eigenvalue weighted by molar-refractivity contribution is 6.05. The minimum absolute atomic E-state index is 0.119. The maximum Gasteiger partial charge on any atom is 0.133 e. The van der Waals surface area contributed by atoms with Gasteiger partial charge in [-0.1, -0.05) is 146 Å². The molecule has 7 aromatic carbocycles. The first-order chi connectivity index (χ1) is 23.7. The number of aryl methyl sites for hydroxylation is 1. The smallest absolute Gasteiger partial charge is 0.133 e. The van der Waals surface area contributed by atoms with Gasteiger partial charge in [0, 0.05) is 11.3 Å². The number of rotatable bonds is 5. The second kappa shape index (κ2) is 11.7. The summed E-state index contributed by atoms with van der Waals surface area (Å²) in [4.78, 5) is 5.22. The first kappa shape index (κ1) is 28.3. The molecule has 0 spiro atoms. The predicted octanol–water partition coefficient (Wildman–Crippen LogP) is 11.2. The zero-order chi connectivity index (χ0) is 32.0. The van der Waals surface area contributed by atoms with Crippen molar-refractivity contribution in [3.63, 3.8) is 0 Å². The lowest BCUT2D eigenvalue weighted by Gasteiger charge is -2.23. The molecular weight excluding hydrogens is 581 g/mol. The third-order valence-corrected chi connectivity index (χ3v) is 9.86. The van der Waals surface area contributed by atoms with Gasteiger partial charge in [0.1, 0.15) is 5.84 Å². The summed E-state index contributed by atoms with van der Waals surface area (Å²) in [5.74, 6) is 0.885. The molecule has 0 amide bonds. The summed E-state index contributed by atoms with van der Waals surface area (Å²) in [5, 5.41) is 6.34. The van der Waals surface area contributed by atoms with Crippen LogP contribution in [0.25, 0.3) is 49.9 Å². The molecule has 0 aromatic heterocycles. The number of nitrogens with zero attached hydrogens (tertiary/aromatic N) is 1. The Morgan fingerprint density at radius 3 is 2.00 bits per heavy atom. The Kier molecular flexibility index (Phi) is 6.87. The maximum atomic E-state index is 5.22. The summed E-state index contributed by atoms with van der Waals surface area (Å²) < 4.78 is 0. The van der Waals surface area contributed by atoms with Crippen LogP contribution in [0.1, 0.15) is 39.4 Å². The highest BCUT2D eigenvalue weighted by atomic mass is 15.0. The van der Waals surface area contributed by atoms with Gasteiger partial charge in [-0.3, -0.25) is 4.99 Å². The topological polar surface area (TPSA) is 24.4 Å². The van der Waals surface area contributed by atoms with E-state index in [1.165, 1.54) is 60.8 Å². The van der Waals surface area contributed by atoms with Gasteiger partial charge >= 0.3 is 0 Å². The Hall–Kier alpha value is -5.99. The number of benzene rings is 7. The fourth-order valence-corrected chi connectivity index (χ4v) is 7.53. The molecule has 1 N–H and O–H groups in total. The average molecular weight is 615 g/mol. The lowest BCUT2D eigenvalue weighted by molar-refractivity contribution is 0.880. The van der Waals surface area contributed by atoms with E-state index in [1.807, 2.05) is 6.07 Å². The van der Waals surface area contributed by atoms with Gasteiger partial charge in [-0.15, -0.1) is 0 Å². The van der Waals surface area contributed by atoms with Gasteiger partial charge in [0.05, 0.1) is 6.04 Å². The molecule has 0 fully saturated rings. The van der Waals surface area contributed by atoms with Gasteiger partial charge < -0.3 is 5.32 Å². The van der Waals surface area contributed by atoms with Crippen molar-refractivity contribution in [3.8, 4) is 33.4 Å². The molecule has 9 rings (SSSR count). The van der Waals surface area contributed by atoms with E-state index in [2.05, 4.69) is 170 Å². The van der Waals surface area contributed by atoms with E-state index in [-0.39, 0.29) is 6.04 Å². The Labute approximate surface area is 281 Å². The molecule has 48 heavy (non-hydrogen) atoms. The lowest BCUT2D eigenvalue weighted by Crippen LogP contribution is -2.27. The largest absolute Gasteiger partial charge is 0.340 e. The molecule has 7 aromatic rings. The van der Waals surface area contributed by atoms with Gasteiger partial charge in [-0.2, -0.15) is 0 Å². The van der Waals surface area contributed by atoms with Crippen molar-refractivity contribution in [1.82, 2.24) is 5.32 Å². The minimum atomic E-state index is -0.119. The molecular formula is C46H34N2. The Morgan fingerprint density at radius 2 is 1.19 bits per heavy atom. The van der Waals surface area contributed by atoms with Crippen LogP contribution in [-0.4, -0.2) is 5.84 Å². The van der Waals surface area contributed by atoms with Crippen molar-refractivity contribution in [1.29, 1.82) is 0 Å². The molecule has 1 aliphatic heterocycles. The second-order valence-electron chi connectivity index (χ2n) is 12.8. The van der Waals surface area contributed by atoms with Gasteiger partial charge in [-0.05, 0) is 104 Å². The zero-order valence-corrected chi connectivity index (χ0v) is 26.8. The van der Waals surface area contributed by atoms with Crippen molar-refractivity contribution in [2.75, 3.05) is 0 Å². The molecule has 2 heteroatoms. The zero-order valence-electron chi connectivity index (χ0n) is 26.8. The SMILES string of the molecule is Cc1cc2c(c3ccccc13)Cc1cccc(-c3cccc(-c4cccc(C5C=C(c6ccccc6)NC(c6ccccc6)=N5)c4)c3)c1-2. The van der Waals surface area contributed by atoms with E-state index in [0.29, 0.717) is 0 Å². The van der Waals surface area contributed by atoms with Crippen LogP contribution in [0.2, 0.25) is 0 Å². The standard InChI is InChI=1S/C46H34N2/c1-30-25-42-41(40-23-9-8-22-38(30)40)28-37-21-12-24-39(45(37)42)35-19-10-17-33(26-35)34-18-11-20-36(27-34)44-29-43(31-13-4-2-5-14-31)47-46(48-44)32-15-6-3-7-16-32/h2-27,29,44H,28H2,1H3,(H,47,48). The van der Waals surface area contributed by atoms with Crippen LogP contribution in [0.4, 0.5) is 0 Å². The number of hydrogen-bond donors (Lipinski definition) is 1. The van der Waals surface area contributed by atoms with Crippen LogP contribution in [-0.2, 0) is 6.42 Å². The fourth-order valence-electron chi connectivity index (χ4n) is 7.53. The molecule has 1 unspecified atom stereocenters. The van der Waals surface area contributed by atoms with Crippen molar-refractivity contribution in [2.45, 2.75) is 19.4 Å². The van der Waals surface area contributed by atoms with Crippen LogP contribution >= 0.6 is 0 Å². The highest BCUT2D eigenvalue weighted by Crippen LogP contribution is 2.46. The van der Waals surface area contributed by atoms with Gasteiger partial charge in [0.2, 0.25) is 0 Å². The molecule has 1 heterocycles. The molecule has 2 nitrogen and oxygen atoms in total. The summed E-state index contributed by atoms with van der Waals surface area (Å²) in [5.41, 5.74) is 16.3. The third-order valence-electron chi connectivity index (χ3n) is 9.86. The molecule has 0 bridgehead atoms. The number of hydrogen-bond acceptors (Lipinski definition) is 2. The van der Waals surface area contributed by atoms with E-state index in [4.69, 9.17) is 4.99 Å². The predicted molar refractivity (Wildman–Crippen MR) is 201 cm³/mol. The summed E-state index contributed by atoms with van der Waals surface area (Å²) in [7, 11) is 0. The molecule has 0 saturated carbocycles. The van der Waals surface area contributed by atoms with Crippen molar-refractivity contribution >= 4 is 22.3 Å². The molecule has 2 aliphatic rings. The van der Waals surface area contributed by atoms with Crippen molar-refractivity contribution < 1.29 is 0 Å². The first-order valence-electron chi connectivity index (χ1n) is 16.7. The first-order valence-corrected chi connectivity index (χ1v) is 16.7. The summed E-state index contributed by atoms with van der Waals surface area (Å²) in [6, 6.07) is 56.8. The quantitative estimate of drug-likeness (QED) is 0.205. The van der Waals surface area contributed by atoms with Crippen molar-refractivity contribution in [2.24, 2.45) is 4.99 Å². The number of fused-ring (bicyclic) bond motifs is 5. The molecule has 0 saturated heterocycles. The van der Waals surface area contributed by atoms with E-state index in [1.54, 1.807) is 0 Å². The number of amidine groups is 1. The maximum absolute atomic E-state index is 5.22. The fraction of sp³-hybridized carbons (Fsp3) is 0.0652. The third kappa shape index (κ3) is 4.94. The van der Waals surface area contributed by atoms with Gasteiger partial charge in [0.25, 0.3) is 0 Å². The van der Waals surface area contributed by atoms with E-state index < -0.39 is 0 Å². The molecule has 228 valence electrons. The van der Waals surface area contributed by atoms with Gasteiger partial charge in [0.15, 0.2) is 0 Å². The Bertz CT molecular complexity index is 2340. The average Bonchev–Trinajstić information content (AvgIpc) is 3.54. The van der Waals surface area contributed by atoms with Crippen LogP contribution in [0, 0.1) is 6.92 Å². The number of nitrogens with one attached hydrogen (secondary N) is 1. The van der Waals surface area contributed by atoms with E-state index in [0.717, 1.165) is 34.6 Å². The minimum Gasteiger partial charge on any atom is -0.340 e. The normalized spacial score (nSPS) is 14.9. The van der Waals surface area contributed by atoms with Crippen LogP contribution in [0.15, 0.2) is 169 Å². The monoisotopic (exact) mass is 614 g/mol. The Morgan fingerprint density at radius 1 is 0.542 bits per heavy atom. The summed E-state index contributed by atoms with van der Waals surface area (Å²) >= 11 is 0. The van der Waals surface area contributed by atoms with Crippen LogP contribution in [0.5, 0.6) is 0 Å². The summed E-state index contributed by atoms with van der Waals surface area (Å²) in [6.45, 7) is 2.24. The van der Waals surface area contributed by atoms with E-state index >= 15 is 0 Å². The highest BCUT2D eigenvalue weighted by Gasteiger charge is 2.25. The molecule has 0 radical (unpaired) electrons. The van der Waals surface area contributed by atoms with Crippen LogP contribution in [0.3, 0.4) is 0 Å². The van der Waals surface area contributed by atoms with Crippen LogP contribution < -0.4 is 5.32 Å². The lowest BCUT2D eigenvalue weighted by atomic mass is 9.90. The molecule has 1 aliphatic carbocycles. The summed E-state index contributed by atoms with van der Waals surface area (Å²) in [6.07, 6.45) is 3.22. The molecule has 1 atom stereocenters. The number of aliphatic imine (C=N–C) groups is 1. The second-order valence-corrected chi connectivity index (χ2v) is 12.8.